The molecule has 0 aliphatic heterocycles. The van der Waals surface area contributed by atoms with Crippen LogP contribution in [0.15, 0.2) is 10.2 Å². The Balaban J connectivity index is 3.79. The zero-order chi connectivity index (χ0) is 6.08. The normalized spacial score (nSPS) is 11.4. The summed E-state index contributed by atoms with van der Waals surface area (Å²) in [7, 11) is 0. The van der Waals surface area contributed by atoms with Gasteiger partial charge in [-0.05, 0) is 31.6 Å². The van der Waals surface area contributed by atoms with Gasteiger partial charge < -0.3 is 0 Å². The zero-order valence-corrected chi connectivity index (χ0v) is 7.24. The van der Waals surface area contributed by atoms with E-state index in [9.17, 15) is 0 Å². The standard InChI is InChI=1S/C6H11I/c1-5(7)6(2,3)4/h1H2,2-4H3. The van der Waals surface area contributed by atoms with E-state index in [2.05, 4.69) is 49.9 Å². The number of rotatable bonds is 0. The molecule has 1 heteroatoms. The topological polar surface area (TPSA) is 0 Å². The van der Waals surface area contributed by atoms with Crippen LogP contribution in [-0.2, 0) is 0 Å². The van der Waals surface area contributed by atoms with E-state index in [1.807, 2.05) is 0 Å². The van der Waals surface area contributed by atoms with Crippen molar-refractivity contribution in [2.75, 3.05) is 0 Å². The molecule has 0 saturated heterocycles. The van der Waals surface area contributed by atoms with Gasteiger partial charge in [0.1, 0.15) is 0 Å². The zero-order valence-electron chi connectivity index (χ0n) is 5.09. The Bertz CT molecular complexity index is 76.7. The van der Waals surface area contributed by atoms with Gasteiger partial charge in [0, 0.05) is 0 Å². The highest BCUT2D eigenvalue weighted by atomic mass is 127. The largest absolute Gasteiger partial charge is 0.0892 e. The molecule has 0 saturated carbocycles. The molecule has 7 heavy (non-hydrogen) atoms. The lowest BCUT2D eigenvalue weighted by Gasteiger charge is -2.15. The molecule has 0 fully saturated rings. The third-order valence-corrected chi connectivity index (χ3v) is 2.43. The fourth-order valence-electron chi connectivity index (χ4n) is 0. The van der Waals surface area contributed by atoms with E-state index < -0.39 is 0 Å². The summed E-state index contributed by atoms with van der Waals surface area (Å²) in [5.74, 6) is 0. The van der Waals surface area contributed by atoms with E-state index in [1.54, 1.807) is 0 Å². The Morgan fingerprint density at radius 1 is 1.43 bits per heavy atom. The Kier molecular flexibility index (Phi) is 2.30. The summed E-state index contributed by atoms with van der Waals surface area (Å²) in [6.07, 6.45) is 0. The van der Waals surface area contributed by atoms with Crippen LogP contribution in [0.1, 0.15) is 20.8 Å². The van der Waals surface area contributed by atoms with E-state index in [0.29, 0.717) is 5.41 Å². The van der Waals surface area contributed by atoms with Crippen LogP contribution in [0.2, 0.25) is 0 Å². The summed E-state index contributed by atoms with van der Waals surface area (Å²) in [5.41, 5.74) is 0.292. The second-order valence-electron chi connectivity index (χ2n) is 2.65. The molecule has 42 valence electrons. The molecule has 0 aromatic rings. The van der Waals surface area contributed by atoms with Gasteiger partial charge in [0.25, 0.3) is 0 Å². The molecule has 0 aliphatic rings. The predicted octanol–water partition coefficient (Wildman–Crippen LogP) is 2.98. The lowest BCUT2D eigenvalue weighted by Crippen LogP contribution is -2.01. The van der Waals surface area contributed by atoms with Crippen LogP contribution in [-0.4, -0.2) is 0 Å². The third kappa shape index (κ3) is 3.09. The lowest BCUT2D eigenvalue weighted by atomic mass is 9.98. The van der Waals surface area contributed by atoms with Crippen molar-refractivity contribution in [3.63, 3.8) is 0 Å². The fraction of sp³-hybridized carbons (Fsp3) is 0.667. The van der Waals surface area contributed by atoms with Gasteiger partial charge in [-0.2, -0.15) is 0 Å². The Labute approximate surface area is 59.1 Å². The third-order valence-electron chi connectivity index (χ3n) is 0.814. The van der Waals surface area contributed by atoms with E-state index >= 15 is 0 Å². The van der Waals surface area contributed by atoms with Gasteiger partial charge in [-0.25, -0.2) is 0 Å². The van der Waals surface area contributed by atoms with Crippen molar-refractivity contribution in [2.45, 2.75) is 20.8 Å². The van der Waals surface area contributed by atoms with Gasteiger partial charge in [0.2, 0.25) is 0 Å². The van der Waals surface area contributed by atoms with Crippen LogP contribution in [0.4, 0.5) is 0 Å². The minimum atomic E-state index is 0.292. The molecule has 0 N–H and O–H groups in total. The van der Waals surface area contributed by atoms with Crippen LogP contribution in [0.3, 0.4) is 0 Å². The van der Waals surface area contributed by atoms with Crippen molar-refractivity contribution in [1.29, 1.82) is 0 Å². The Morgan fingerprint density at radius 2 is 1.57 bits per heavy atom. The van der Waals surface area contributed by atoms with Crippen molar-refractivity contribution in [3.8, 4) is 0 Å². The molecule has 0 radical (unpaired) electrons. The molecule has 0 bridgehead atoms. The quantitative estimate of drug-likeness (QED) is 0.539. The van der Waals surface area contributed by atoms with E-state index in [0.717, 1.165) is 0 Å². The smallest absolute Gasteiger partial charge is 0.00798 e. The minimum Gasteiger partial charge on any atom is -0.0892 e. The average molecular weight is 210 g/mol. The molecular weight excluding hydrogens is 199 g/mol. The second kappa shape index (κ2) is 2.16. The van der Waals surface area contributed by atoms with E-state index in [4.69, 9.17) is 0 Å². The molecule has 0 atom stereocenters. The summed E-state index contributed by atoms with van der Waals surface area (Å²) >= 11 is 2.25. The molecule has 0 amide bonds. The fourth-order valence-corrected chi connectivity index (χ4v) is 0. The predicted molar refractivity (Wildman–Crippen MR) is 42.6 cm³/mol. The molecule has 0 nitrogen and oxygen atoms in total. The number of halogens is 1. The summed E-state index contributed by atoms with van der Waals surface area (Å²) < 4.78 is 1.21. The maximum Gasteiger partial charge on any atom is -0.00798 e. The van der Waals surface area contributed by atoms with Crippen molar-refractivity contribution in [1.82, 2.24) is 0 Å². The first-order chi connectivity index (χ1) is 2.94. The van der Waals surface area contributed by atoms with Gasteiger partial charge in [-0.15, -0.1) is 0 Å². The number of hydrogen-bond acceptors (Lipinski definition) is 0. The van der Waals surface area contributed by atoms with E-state index in [1.165, 1.54) is 3.58 Å². The SMILES string of the molecule is C=C(I)C(C)(C)C. The first-order valence-corrected chi connectivity index (χ1v) is 3.37. The van der Waals surface area contributed by atoms with Gasteiger partial charge in [-0.3, -0.25) is 0 Å². The summed E-state index contributed by atoms with van der Waals surface area (Å²) in [4.78, 5) is 0. The first-order valence-electron chi connectivity index (χ1n) is 2.29. The Hall–Kier alpha value is 0.470. The number of hydrogen-bond donors (Lipinski definition) is 0. The lowest BCUT2D eigenvalue weighted by molar-refractivity contribution is 0.541. The summed E-state index contributed by atoms with van der Waals surface area (Å²) in [5, 5.41) is 0. The molecule has 0 rings (SSSR count). The van der Waals surface area contributed by atoms with Crippen molar-refractivity contribution in [2.24, 2.45) is 5.41 Å². The monoisotopic (exact) mass is 210 g/mol. The van der Waals surface area contributed by atoms with Crippen LogP contribution >= 0.6 is 22.6 Å². The van der Waals surface area contributed by atoms with Crippen LogP contribution in [0.5, 0.6) is 0 Å². The van der Waals surface area contributed by atoms with Crippen LogP contribution in [0, 0.1) is 5.41 Å². The highest BCUT2D eigenvalue weighted by molar-refractivity contribution is 14.1. The van der Waals surface area contributed by atoms with Gasteiger partial charge >= 0.3 is 0 Å². The van der Waals surface area contributed by atoms with Crippen LogP contribution in [0.25, 0.3) is 0 Å². The minimum absolute atomic E-state index is 0.292. The van der Waals surface area contributed by atoms with Crippen molar-refractivity contribution < 1.29 is 0 Å². The second-order valence-corrected chi connectivity index (χ2v) is 3.96. The van der Waals surface area contributed by atoms with Gasteiger partial charge in [0.15, 0.2) is 0 Å². The molecule has 0 aliphatic carbocycles. The molecule has 0 aromatic carbocycles. The number of allylic oxidation sites excluding steroid dienone is 1. The molecule has 0 heterocycles. The molecule has 0 unspecified atom stereocenters. The Morgan fingerprint density at radius 3 is 1.57 bits per heavy atom. The summed E-state index contributed by atoms with van der Waals surface area (Å²) in [6, 6.07) is 0. The maximum atomic E-state index is 3.81. The highest BCUT2D eigenvalue weighted by Gasteiger charge is 2.10. The molecular formula is C6H11I. The van der Waals surface area contributed by atoms with Crippen LogP contribution < -0.4 is 0 Å². The van der Waals surface area contributed by atoms with Crippen molar-refractivity contribution >= 4 is 22.6 Å². The van der Waals surface area contributed by atoms with Crippen molar-refractivity contribution in [3.05, 3.63) is 10.2 Å². The van der Waals surface area contributed by atoms with Gasteiger partial charge in [0.05, 0.1) is 0 Å². The molecule has 0 aromatic heterocycles. The average Bonchev–Trinajstić information content (AvgIpc) is 1.31. The molecule has 0 spiro atoms. The summed E-state index contributed by atoms with van der Waals surface area (Å²) in [6.45, 7) is 10.3. The first kappa shape index (κ1) is 7.47. The maximum absolute atomic E-state index is 3.81. The van der Waals surface area contributed by atoms with Gasteiger partial charge in [-0.1, -0.05) is 27.4 Å². The highest BCUT2D eigenvalue weighted by Crippen LogP contribution is 2.28. The van der Waals surface area contributed by atoms with E-state index in [-0.39, 0.29) is 0 Å².